The van der Waals surface area contributed by atoms with Crippen LogP contribution >= 0.6 is 11.3 Å². The van der Waals surface area contributed by atoms with Crippen molar-refractivity contribution in [3.8, 4) is 5.75 Å². The van der Waals surface area contributed by atoms with E-state index in [2.05, 4.69) is 5.10 Å². The number of hydrazone groups is 1. The van der Waals surface area contributed by atoms with Crippen LogP contribution in [0, 0.1) is 5.82 Å². The second-order valence-corrected chi connectivity index (χ2v) is 8.90. The minimum Gasteiger partial charge on any atom is -0.497 e. The number of rotatable bonds is 9. The van der Waals surface area contributed by atoms with Crippen LogP contribution in [0.25, 0.3) is 0 Å². The van der Waals surface area contributed by atoms with Gasteiger partial charge in [0.05, 0.1) is 35.9 Å². The van der Waals surface area contributed by atoms with E-state index in [-0.39, 0.29) is 37.2 Å². The molecule has 2 heterocycles. The van der Waals surface area contributed by atoms with Gasteiger partial charge in [0.15, 0.2) is 0 Å². The number of hydrogen-bond acceptors (Lipinski definition) is 6. The summed E-state index contributed by atoms with van der Waals surface area (Å²) >= 11 is 1.55. The molecule has 0 saturated carbocycles. The first-order valence-electron chi connectivity index (χ1n) is 11.1. The molecule has 182 valence electrons. The van der Waals surface area contributed by atoms with Crippen molar-refractivity contribution in [1.29, 1.82) is 0 Å². The highest BCUT2D eigenvalue weighted by molar-refractivity contribution is 7.12. The Bertz CT molecular complexity index is 1200. The highest BCUT2D eigenvalue weighted by atomic mass is 32.1. The Balaban J connectivity index is 1.61. The molecule has 0 N–H and O–H groups in total. The van der Waals surface area contributed by atoms with E-state index >= 15 is 0 Å². The molecule has 7 nitrogen and oxygen atoms in total. The van der Waals surface area contributed by atoms with Crippen LogP contribution in [0.1, 0.15) is 33.3 Å². The molecule has 1 aliphatic heterocycles. The second kappa shape index (κ2) is 11.2. The van der Waals surface area contributed by atoms with E-state index in [1.807, 2.05) is 41.8 Å². The fourth-order valence-electron chi connectivity index (χ4n) is 3.91. The molecule has 1 atom stereocenters. The molecular formula is C26H26FN3O4S. The Labute approximate surface area is 207 Å². The van der Waals surface area contributed by atoms with Gasteiger partial charge < -0.3 is 14.4 Å². The van der Waals surface area contributed by atoms with Gasteiger partial charge in [0.1, 0.15) is 18.1 Å². The van der Waals surface area contributed by atoms with Gasteiger partial charge in [-0.25, -0.2) is 9.40 Å². The van der Waals surface area contributed by atoms with E-state index in [1.165, 1.54) is 35.2 Å². The van der Waals surface area contributed by atoms with Crippen LogP contribution in [0.2, 0.25) is 0 Å². The van der Waals surface area contributed by atoms with Crippen LogP contribution in [0.4, 0.5) is 4.39 Å². The Morgan fingerprint density at radius 2 is 1.89 bits per heavy atom. The van der Waals surface area contributed by atoms with Crippen LogP contribution < -0.4 is 4.74 Å². The van der Waals surface area contributed by atoms with Crippen molar-refractivity contribution in [2.45, 2.75) is 12.5 Å². The van der Waals surface area contributed by atoms with Gasteiger partial charge in [-0.3, -0.25) is 9.59 Å². The Hall–Kier alpha value is -3.56. The SMILES string of the molecule is COCCN(CC(=O)N1N=C(c2cccs2)CC1c1ccc(OC)cc1)C(=O)c1ccccc1F. The Morgan fingerprint density at radius 1 is 1.11 bits per heavy atom. The number of halogens is 1. The van der Waals surface area contributed by atoms with Crippen LogP contribution in [0.5, 0.6) is 5.75 Å². The summed E-state index contributed by atoms with van der Waals surface area (Å²) < 4.78 is 24.7. The van der Waals surface area contributed by atoms with E-state index < -0.39 is 11.7 Å². The number of carbonyl (C=O) groups excluding carboxylic acids is 2. The van der Waals surface area contributed by atoms with Crippen molar-refractivity contribution in [3.63, 3.8) is 0 Å². The predicted molar refractivity (Wildman–Crippen MR) is 132 cm³/mol. The lowest BCUT2D eigenvalue weighted by atomic mass is 10.0. The van der Waals surface area contributed by atoms with Crippen LogP contribution in [-0.2, 0) is 9.53 Å². The zero-order chi connectivity index (χ0) is 24.8. The number of nitrogens with zero attached hydrogens (tertiary/aromatic N) is 3. The molecule has 3 aromatic rings. The highest BCUT2D eigenvalue weighted by Gasteiger charge is 2.35. The standard InChI is InChI=1S/C26H26FN3O4S/c1-33-14-13-29(26(32)20-6-3-4-7-21(20)27)17-25(31)30-23(18-9-11-19(34-2)12-10-18)16-22(28-30)24-8-5-15-35-24/h3-12,15,23H,13-14,16-17H2,1-2H3. The van der Waals surface area contributed by atoms with E-state index in [0.717, 1.165) is 16.2 Å². The zero-order valence-corrected chi connectivity index (χ0v) is 20.3. The van der Waals surface area contributed by atoms with E-state index in [0.29, 0.717) is 12.2 Å². The van der Waals surface area contributed by atoms with Crippen molar-refractivity contribution in [2.75, 3.05) is 33.9 Å². The molecule has 0 spiro atoms. The zero-order valence-electron chi connectivity index (χ0n) is 19.5. The van der Waals surface area contributed by atoms with Crippen LogP contribution in [-0.4, -0.2) is 61.4 Å². The smallest absolute Gasteiger partial charge is 0.262 e. The number of thiophene rings is 1. The predicted octanol–water partition coefficient (Wildman–Crippen LogP) is 4.36. The quantitative estimate of drug-likeness (QED) is 0.442. The molecule has 1 aliphatic rings. The largest absolute Gasteiger partial charge is 0.497 e. The third-order valence-electron chi connectivity index (χ3n) is 5.75. The number of methoxy groups -OCH3 is 2. The number of hydrogen-bond donors (Lipinski definition) is 0. The minimum absolute atomic E-state index is 0.0905. The normalized spacial score (nSPS) is 15.1. The Morgan fingerprint density at radius 3 is 2.54 bits per heavy atom. The summed E-state index contributed by atoms with van der Waals surface area (Å²) in [4.78, 5) is 28.9. The average Bonchev–Trinajstić information content (AvgIpc) is 3.57. The van der Waals surface area contributed by atoms with E-state index in [9.17, 15) is 14.0 Å². The van der Waals surface area contributed by atoms with Gasteiger partial charge in [0.2, 0.25) is 0 Å². The Kier molecular flexibility index (Phi) is 7.89. The molecule has 2 amide bonds. The van der Waals surface area contributed by atoms with Crippen LogP contribution in [0.15, 0.2) is 71.1 Å². The summed E-state index contributed by atoms with van der Waals surface area (Å²) in [6.45, 7) is 0.0848. The number of ether oxygens (including phenoxy) is 2. The lowest BCUT2D eigenvalue weighted by Crippen LogP contribution is -2.43. The molecule has 0 fully saturated rings. The minimum atomic E-state index is -0.636. The highest BCUT2D eigenvalue weighted by Crippen LogP contribution is 2.34. The summed E-state index contributed by atoms with van der Waals surface area (Å²) in [7, 11) is 3.10. The van der Waals surface area contributed by atoms with Crippen molar-refractivity contribution in [1.82, 2.24) is 9.91 Å². The van der Waals surface area contributed by atoms with Crippen molar-refractivity contribution in [3.05, 3.63) is 87.9 Å². The molecule has 1 aromatic heterocycles. The molecule has 0 radical (unpaired) electrons. The fraction of sp³-hybridized carbons (Fsp3) is 0.269. The van der Waals surface area contributed by atoms with Gasteiger partial charge in [0, 0.05) is 20.1 Å². The second-order valence-electron chi connectivity index (χ2n) is 7.95. The maximum atomic E-state index is 14.3. The first-order chi connectivity index (χ1) is 17.0. The lowest BCUT2D eigenvalue weighted by molar-refractivity contribution is -0.133. The monoisotopic (exact) mass is 495 g/mol. The molecule has 4 rings (SSSR count). The third kappa shape index (κ3) is 5.58. The molecule has 35 heavy (non-hydrogen) atoms. The van der Waals surface area contributed by atoms with E-state index in [4.69, 9.17) is 9.47 Å². The van der Waals surface area contributed by atoms with Gasteiger partial charge in [-0.1, -0.05) is 30.3 Å². The van der Waals surface area contributed by atoms with Gasteiger partial charge in [0.25, 0.3) is 11.8 Å². The summed E-state index contributed by atoms with van der Waals surface area (Å²) in [5.74, 6) is -0.859. The van der Waals surface area contributed by atoms with Crippen molar-refractivity contribution >= 4 is 28.9 Å². The molecule has 1 unspecified atom stereocenters. The van der Waals surface area contributed by atoms with E-state index in [1.54, 1.807) is 24.5 Å². The van der Waals surface area contributed by atoms with Crippen molar-refractivity contribution < 1.29 is 23.5 Å². The van der Waals surface area contributed by atoms with Gasteiger partial charge in [-0.2, -0.15) is 5.10 Å². The number of benzene rings is 2. The molecule has 0 saturated heterocycles. The van der Waals surface area contributed by atoms with Gasteiger partial charge in [-0.05, 0) is 41.3 Å². The molecule has 0 bridgehead atoms. The first-order valence-corrected chi connectivity index (χ1v) is 12.0. The number of amides is 2. The topological polar surface area (TPSA) is 71.4 Å². The summed E-state index contributed by atoms with van der Waals surface area (Å²) in [5.41, 5.74) is 1.61. The van der Waals surface area contributed by atoms with Crippen LogP contribution in [0.3, 0.4) is 0 Å². The third-order valence-corrected chi connectivity index (χ3v) is 6.67. The molecule has 9 heteroatoms. The first kappa shape index (κ1) is 24.6. The molecular weight excluding hydrogens is 469 g/mol. The lowest BCUT2D eigenvalue weighted by Gasteiger charge is -2.27. The maximum absolute atomic E-state index is 14.3. The molecule has 2 aromatic carbocycles. The molecule has 0 aliphatic carbocycles. The van der Waals surface area contributed by atoms with Gasteiger partial charge >= 0.3 is 0 Å². The fourth-order valence-corrected chi connectivity index (χ4v) is 4.63. The number of carbonyl (C=O) groups is 2. The average molecular weight is 496 g/mol. The summed E-state index contributed by atoms with van der Waals surface area (Å²) in [6.07, 6.45) is 0.540. The van der Waals surface area contributed by atoms with Crippen molar-refractivity contribution in [2.24, 2.45) is 5.10 Å². The van der Waals surface area contributed by atoms with Gasteiger partial charge in [-0.15, -0.1) is 11.3 Å². The summed E-state index contributed by atoms with van der Waals surface area (Å²) in [6, 6.07) is 16.8. The maximum Gasteiger partial charge on any atom is 0.262 e. The summed E-state index contributed by atoms with van der Waals surface area (Å²) in [5, 5.41) is 8.05.